The maximum absolute atomic E-state index is 10.9. The molecule has 1 aromatic rings. The van der Waals surface area contributed by atoms with Gasteiger partial charge in [-0.2, -0.15) is 0 Å². The van der Waals surface area contributed by atoms with E-state index in [0.29, 0.717) is 6.42 Å². The first-order valence-electron chi connectivity index (χ1n) is 7.41. The highest BCUT2D eigenvalue weighted by Gasteiger charge is 2.31. The molecule has 0 amide bonds. The molecule has 1 saturated heterocycles. The van der Waals surface area contributed by atoms with E-state index in [0.717, 1.165) is 61.7 Å². The zero-order valence-electron chi connectivity index (χ0n) is 12.0. The van der Waals surface area contributed by atoms with Crippen molar-refractivity contribution in [1.82, 2.24) is 4.90 Å². The van der Waals surface area contributed by atoms with E-state index in [2.05, 4.69) is 11.9 Å². The Hall–Kier alpha value is -0.770. The van der Waals surface area contributed by atoms with Gasteiger partial charge in [0.2, 0.25) is 0 Å². The van der Waals surface area contributed by atoms with Crippen LogP contribution in [-0.4, -0.2) is 42.4 Å². The molecule has 1 atom stereocenters. The Morgan fingerprint density at radius 1 is 1.35 bits per heavy atom. The van der Waals surface area contributed by atoms with Crippen LogP contribution in [0.5, 0.6) is 5.75 Å². The standard InChI is InChI=1S/C16H22ClNO2/c1-18-6-2-4-16(19,5-7-18)11-13-10-14(17)9-12-3-8-20-15(12)13/h9-10,19H,2-8,11H2,1H3. The predicted octanol–water partition coefficient (Wildman–Crippen LogP) is 2.66. The SMILES string of the molecule is CN1CCCC(O)(Cc2cc(Cl)cc3c2OCC3)CC1. The van der Waals surface area contributed by atoms with Gasteiger partial charge in [0, 0.05) is 24.4 Å². The zero-order valence-corrected chi connectivity index (χ0v) is 12.7. The molecule has 1 aromatic carbocycles. The summed E-state index contributed by atoms with van der Waals surface area (Å²) >= 11 is 6.20. The Morgan fingerprint density at radius 2 is 2.20 bits per heavy atom. The van der Waals surface area contributed by atoms with Gasteiger partial charge >= 0.3 is 0 Å². The summed E-state index contributed by atoms with van der Waals surface area (Å²) in [5, 5.41) is 11.7. The van der Waals surface area contributed by atoms with Gasteiger partial charge in [0.15, 0.2) is 0 Å². The second-order valence-electron chi connectivity index (χ2n) is 6.21. The van der Waals surface area contributed by atoms with Crippen molar-refractivity contribution in [3.05, 3.63) is 28.3 Å². The highest BCUT2D eigenvalue weighted by molar-refractivity contribution is 6.30. The molecule has 110 valence electrons. The summed E-state index contributed by atoms with van der Waals surface area (Å²) in [6.07, 6.45) is 4.26. The summed E-state index contributed by atoms with van der Waals surface area (Å²) in [7, 11) is 2.12. The fourth-order valence-corrected chi connectivity index (χ4v) is 3.59. The van der Waals surface area contributed by atoms with Crippen molar-refractivity contribution in [1.29, 1.82) is 0 Å². The van der Waals surface area contributed by atoms with Crippen LogP contribution in [0.25, 0.3) is 0 Å². The maximum atomic E-state index is 10.9. The molecule has 20 heavy (non-hydrogen) atoms. The van der Waals surface area contributed by atoms with Gasteiger partial charge in [0.1, 0.15) is 5.75 Å². The summed E-state index contributed by atoms with van der Waals surface area (Å²) < 4.78 is 5.74. The Kier molecular flexibility index (Phi) is 3.93. The van der Waals surface area contributed by atoms with Crippen LogP contribution >= 0.6 is 11.6 Å². The van der Waals surface area contributed by atoms with Crippen molar-refractivity contribution >= 4 is 11.6 Å². The largest absolute Gasteiger partial charge is 0.493 e. The van der Waals surface area contributed by atoms with E-state index in [4.69, 9.17) is 16.3 Å². The van der Waals surface area contributed by atoms with E-state index in [1.807, 2.05) is 12.1 Å². The molecule has 1 N–H and O–H groups in total. The molecule has 0 spiro atoms. The number of rotatable bonds is 2. The number of hydrogen-bond acceptors (Lipinski definition) is 3. The first-order chi connectivity index (χ1) is 9.56. The molecule has 3 rings (SSSR count). The lowest BCUT2D eigenvalue weighted by molar-refractivity contribution is 0.0258. The first kappa shape index (κ1) is 14.2. The Bertz CT molecular complexity index is 505. The van der Waals surface area contributed by atoms with Crippen molar-refractivity contribution in [2.24, 2.45) is 0 Å². The van der Waals surface area contributed by atoms with Crippen LogP contribution in [0.2, 0.25) is 5.02 Å². The van der Waals surface area contributed by atoms with Crippen LogP contribution in [0.15, 0.2) is 12.1 Å². The second kappa shape index (κ2) is 5.55. The molecule has 1 fully saturated rings. The molecule has 0 aromatic heterocycles. The molecule has 1 unspecified atom stereocenters. The van der Waals surface area contributed by atoms with Gasteiger partial charge in [-0.05, 0) is 56.1 Å². The first-order valence-corrected chi connectivity index (χ1v) is 7.79. The highest BCUT2D eigenvalue weighted by atomic mass is 35.5. The van der Waals surface area contributed by atoms with E-state index in [1.165, 1.54) is 5.56 Å². The van der Waals surface area contributed by atoms with E-state index < -0.39 is 5.60 Å². The molecule has 2 heterocycles. The minimum atomic E-state index is -0.630. The fraction of sp³-hybridized carbons (Fsp3) is 0.625. The van der Waals surface area contributed by atoms with Gasteiger partial charge in [-0.1, -0.05) is 11.6 Å². The van der Waals surface area contributed by atoms with Crippen molar-refractivity contribution < 1.29 is 9.84 Å². The summed E-state index contributed by atoms with van der Waals surface area (Å²) in [5.74, 6) is 0.959. The van der Waals surface area contributed by atoms with Crippen LogP contribution in [0.3, 0.4) is 0 Å². The van der Waals surface area contributed by atoms with Gasteiger partial charge < -0.3 is 14.7 Å². The molecular formula is C16H22ClNO2. The average molecular weight is 296 g/mol. The third-order valence-electron chi connectivity index (χ3n) is 4.49. The normalized spacial score (nSPS) is 26.9. The summed E-state index contributed by atoms with van der Waals surface area (Å²) in [5.41, 5.74) is 1.62. The number of halogens is 1. The topological polar surface area (TPSA) is 32.7 Å². The highest BCUT2D eigenvalue weighted by Crippen LogP contribution is 2.37. The van der Waals surface area contributed by atoms with Crippen LogP contribution < -0.4 is 4.74 Å². The van der Waals surface area contributed by atoms with Crippen LogP contribution in [0, 0.1) is 0 Å². The van der Waals surface area contributed by atoms with E-state index in [-0.39, 0.29) is 0 Å². The number of fused-ring (bicyclic) bond motifs is 1. The summed E-state index contributed by atoms with van der Waals surface area (Å²) in [6, 6.07) is 3.94. The summed E-state index contributed by atoms with van der Waals surface area (Å²) in [4.78, 5) is 2.29. The quantitative estimate of drug-likeness (QED) is 0.910. The lowest BCUT2D eigenvalue weighted by atomic mass is 9.87. The van der Waals surface area contributed by atoms with Gasteiger partial charge in [-0.25, -0.2) is 0 Å². The van der Waals surface area contributed by atoms with Crippen molar-refractivity contribution in [3.63, 3.8) is 0 Å². The van der Waals surface area contributed by atoms with Gasteiger partial charge in [0.05, 0.1) is 12.2 Å². The van der Waals surface area contributed by atoms with Crippen LogP contribution in [0.4, 0.5) is 0 Å². The molecular weight excluding hydrogens is 274 g/mol. The molecule has 3 nitrogen and oxygen atoms in total. The smallest absolute Gasteiger partial charge is 0.126 e. The Balaban J connectivity index is 1.83. The number of aliphatic hydroxyl groups is 1. The lowest BCUT2D eigenvalue weighted by Gasteiger charge is -2.27. The molecule has 2 aliphatic rings. The number of nitrogens with zero attached hydrogens (tertiary/aromatic N) is 1. The fourth-order valence-electron chi connectivity index (χ4n) is 3.32. The number of benzene rings is 1. The van der Waals surface area contributed by atoms with E-state index >= 15 is 0 Å². The molecule has 0 aliphatic carbocycles. The third-order valence-corrected chi connectivity index (χ3v) is 4.70. The van der Waals surface area contributed by atoms with Crippen LogP contribution in [0.1, 0.15) is 30.4 Å². The maximum Gasteiger partial charge on any atom is 0.126 e. The van der Waals surface area contributed by atoms with E-state index in [1.54, 1.807) is 0 Å². The molecule has 0 bridgehead atoms. The van der Waals surface area contributed by atoms with Crippen LogP contribution in [-0.2, 0) is 12.8 Å². The third kappa shape index (κ3) is 2.95. The van der Waals surface area contributed by atoms with Gasteiger partial charge in [-0.15, -0.1) is 0 Å². The van der Waals surface area contributed by atoms with Gasteiger partial charge in [-0.3, -0.25) is 0 Å². The lowest BCUT2D eigenvalue weighted by Crippen LogP contribution is -2.33. The number of ether oxygens (including phenoxy) is 1. The molecule has 0 saturated carbocycles. The van der Waals surface area contributed by atoms with Crippen molar-refractivity contribution in [3.8, 4) is 5.75 Å². The van der Waals surface area contributed by atoms with Crippen molar-refractivity contribution in [2.45, 2.75) is 37.7 Å². The minimum Gasteiger partial charge on any atom is -0.493 e. The van der Waals surface area contributed by atoms with Gasteiger partial charge in [0.25, 0.3) is 0 Å². The average Bonchev–Trinajstić information content (AvgIpc) is 2.78. The molecule has 0 radical (unpaired) electrons. The Morgan fingerprint density at radius 3 is 3.05 bits per heavy atom. The monoisotopic (exact) mass is 295 g/mol. The number of hydrogen-bond donors (Lipinski definition) is 1. The predicted molar refractivity (Wildman–Crippen MR) is 80.7 cm³/mol. The number of likely N-dealkylation sites (tertiary alicyclic amines) is 1. The van der Waals surface area contributed by atoms with Crippen molar-refractivity contribution in [2.75, 3.05) is 26.7 Å². The second-order valence-corrected chi connectivity index (χ2v) is 6.65. The Labute approximate surface area is 125 Å². The van der Waals surface area contributed by atoms with E-state index in [9.17, 15) is 5.11 Å². The molecule has 2 aliphatic heterocycles. The zero-order chi connectivity index (χ0) is 14.2. The minimum absolute atomic E-state index is 0.630. The summed E-state index contributed by atoms with van der Waals surface area (Å²) in [6.45, 7) is 2.73. The molecule has 4 heteroatoms.